The van der Waals surface area contributed by atoms with Gasteiger partial charge in [0, 0.05) is 16.7 Å². The molecule has 3 N–H and O–H groups in total. The first-order valence-corrected chi connectivity index (χ1v) is 8.36. The lowest BCUT2D eigenvalue weighted by Gasteiger charge is -2.28. The predicted octanol–water partition coefficient (Wildman–Crippen LogP) is 2.06. The van der Waals surface area contributed by atoms with Crippen molar-refractivity contribution >= 4 is 34.1 Å². The van der Waals surface area contributed by atoms with Crippen LogP contribution in [0.5, 0.6) is 0 Å². The quantitative estimate of drug-likeness (QED) is 0.888. The van der Waals surface area contributed by atoms with Crippen molar-refractivity contribution in [2.75, 3.05) is 12.0 Å². The summed E-state index contributed by atoms with van der Waals surface area (Å²) >= 11 is 3.29. The van der Waals surface area contributed by atoms with Gasteiger partial charge in [0.25, 0.3) is 0 Å². The zero-order valence-corrected chi connectivity index (χ0v) is 12.1. The SMILES string of the molecule is CSC1CCCC(NC(=O)Cc2csc(N)n2)C1. The highest BCUT2D eigenvalue weighted by molar-refractivity contribution is 7.99. The number of thioether (sulfide) groups is 1. The molecule has 6 heteroatoms. The lowest BCUT2D eigenvalue weighted by atomic mass is 9.95. The van der Waals surface area contributed by atoms with Gasteiger partial charge in [-0.15, -0.1) is 11.3 Å². The van der Waals surface area contributed by atoms with Crippen LogP contribution in [0.15, 0.2) is 5.38 Å². The monoisotopic (exact) mass is 285 g/mol. The molecule has 0 radical (unpaired) electrons. The molecule has 0 aliphatic heterocycles. The molecule has 18 heavy (non-hydrogen) atoms. The number of carbonyl (C=O) groups is 1. The molecule has 1 heterocycles. The highest BCUT2D eigenvalue weighted by Crippen LogP contribution is 2.26. The second-order valence-electron chi connectivity index (χ2n) is 4.64. The fraction of sp³-hybridized carbons (Fsp3) is 0.667. The minimum atomic E-state index is 0.0621. The standard InChI is InChI=1S/C12H19N3OS2/c1-17-10-4-2-3-8(5-10)14-11(16)6-9-7-18-12(13)15-9/h7-8,10H,2-6H2,1H3,(H2,13,15)(H,14,16). The van der Waals surface area contributed by atoms with Crippen molar-refractivity contribution < 1.29 is 4.79 Å². The zero-order valence-electron chi connectivity index (χ0n) is 10.5. The number of hydrogen-bond donors (Lipinski definition) is 2. The maximum Gasteiger partial charge on any atom is 0.226 e. The van der Waals surface area contributed by atoms with Gasteiger partial charge in [-0.1, -0.05) is 6.42 Å². The van der Waals surface area contributed by atoms with Crippen molar-refractivity contribution in [2.45, 2.75) is 43.4 Å². The molecule has 1 aromatic heterocycles. The summed E-state index contributed by atoms with van der Waals surface area (Å²) in [5.41, 5.74) is 6.32. The summed E-state index contributed by atoms with van der Waals surface area (Å²) in [5, 5.41) is 6.18. The highest BCUT2D eigenvalue weighted by atomic mass is 32.2. The van der Waals surface area contributed by atoms with Crippen LogP contribution in [0.2, 0.25) is 0 Å². The van der Waals surface area contributed by atoms with Crippen molar-refractivity contribution in [1.82, 2.24) is 10.3 Å². The molecule has 2 unspecified atom stereocenters. The van der Waals surface area contributed by atoms with E-state index in [0.29, 0.717) is 22.8 Å². The van der Waals surface area contributed by atoms with Crippen LogP contribution in [0.3, 0.4) is 0 Å². The number of hydrogen-bond acceptors (Lipinski definition) is 5. The molecule has 4 nitrogen and oxygen atoms in total. The van der Waals surface area contributed by atoms with E-state index in [9.17, 15) is 4.79 Å². The Bertz CT molecular complexity index is 408. The Balaban J connectivity index is 1.80. The van der Waals surface area contributed by atoms with Crippen LogP contribution in [-0.4, -0.2) is 28.4 Å². The summed E-state index contributed by atoms with van der Waals surface area (Å²) in [5.74, 6) is 0.0621. The van der Waals surface area contributed by atoms with Gasteiger partial charge in [-0.25, -0.2) is 4.98 Å². The molecule has 2 atom stereocenters. The summed E-state index contributed by atoms with van der Waals surface area (Å²) in [6, 6.07) is 0.333. The van der Waals surface area contributed by atoms with Crippen molar-refractivity contribution in [3.05, 3.63) is 11.1 Å². The number of carbonyl (C=O) groups excluding carboxylic acids is 1. The van der Waals surface area contributed by atoms with Crippen LogP contribution in [-0.2, 0) is 11.2 Å². The summed E-state index contributed by atoms with van der Waals surface area (Å²) < 4.78 is 0. The summed E-state index contributed by atoms with van der Waals surface area (Å²) in [6.45, 7) is 0. The number of anilines is 1. The van der Waals surface area contributed by atoms with Crippen LogP contribution in [0.25, 0.3) is 0 Å². The molecule has 100 valence electrons. The van der Waals surface area contributed by atoms with Gasteiger partial charge >= 0.3 is 0 Å². The molecule has 1 fully saturated rings. The van der Waals surface area contributed by atoms with Crippen LogP contribution in [0, 0.1) is 0 Å². The number of thiazole rings is 1. The van der Waals surface area contributed by atoms with Gasteiger partial charge in [-0.05, 0) is 25.5 Å². The Morgan fingerprint density at radius 2 is 2.50 bits per heavy atom. The van der Waals surface area contributed by atoms with E-state index in [2.05, 4.69) is 16.6 Å². The molecule has 1 saturated carbocycles. The average Bonchev–Trinajstić information content (AvgIpc) is 2.74. The summed E-state index contributed by atoms with van der Waals surface area (Å²) in [4.78, 5) is 16.0. The molecule has 1 aliphatic carbocycles. The molecule has 1 amide bonds. The smallest absolute Gasteiger partial charge is 0.226 e. The minimum Gasteiger partial charge on any atom is -0.375 e. The Morgan fingerprint density at radius 3 is 3.17 bits per heavy atom. The Labute approximate surface area is 116 Å². The molecule has 0 spiro atoms. The lowest BCUT2D eigenvalue weighted by molar-refractivity contribution is -0.121. The van der Waals surface area contributed by atoms with Crippen molar-refractivity contribution in [3.8, 4) is 0 Å². The molecule has 1 aromatic rings. The molecule has 0 saturated heterocycles. The van der Waals surface area contributed by atoms with E-state index >= 15 is 0 Å². The van der Waals surface area contributed by atoms with Crippen LogP contribution >= 0.6 is 23.1 Å². The van der Waals surface area contributed by atoms with E-state index in [1.807, 2.05) is 17.1 Å². The molecule has 2 rings (SSSR count). The third-order valence-corrected chi connectivity index (χ3v) is 5.05. The third-order valence-electron chi connectivity index (χ3n) is 3.24. The maximum absolute atomic E-state index is 11.9. The summed E-state index contributed by atoms with van der Waals surface area (Å²) in [6.07, 6.45) is 7.16. The molecule has 0 bridgehead atoms. The first-order valence-electron chi connectivity index (χ1n) is 6.19. The van der Waals surface area contributed by atoms with Gasteiger partial charge in [0.05, 0.1) is 12.1 Å². The average molecular weight is 285 g/mol. The van der Waals surface area contributed by atoms with Crippen LogP contribution in [0.1, 0.15) is 31.4 Å². The van der Waals surface area contributed by atoms with Crippen molar-refractivity contribution in [3.63, 3.8) is 0 Å². The Kier molecular flexibility index (Phi) is 4.88. The Morgan fingerprint density at radius 1 is 1.67 bits per heavy atom. The van der Waals surface area contributed by atoms with Crippen molar-refractivity contribution in [2.24, 2.45) is 0 Å². The van der Waals surface area contributed by atoms with Crippen LogP contribution < -0.4 is 11.1 Å². The minimum absolute atomic E-state index is 0.0621. The fourth-order valence-electron chi connectivity index (χ4n) is 2.34. The number of nitrogen functional groups attached to an aromatic ring is 1. The van der Waals surface area contributed by atoms with Gasteiger partial charge in [-0.2, -0.15) is 11.8 Å². The van der Waals surface area contributed by atoms with E-state index in [1.165, 1.54) is 24.2 Å². The van der Waals surface area contributed by atoms with Gasteiger partial charge in [0.1, 0.15) is 0 Å². The lowest BCUT2D eigenvalue weighted by Crippen LogP contribution is -2.39. The fourth-order valence-corrected chi connectivity index (χ4v) is 3.73. The number of nitrogens with one attached hydrogen (secondary N) is 1. The van der Waals surface area contributed by atoms with E-state index in [0.717, 1.165) is 18.5 Å². The molecule has 1 aliphatic rings. The van der Waals surface area contributed by atoms with Gasteiger partial charge in [-0.3, -0.25) is 4.79 Å². The van der Waals surface area contributed by atoms with Gasteiger partial charge < -0.3 is 11.1 Å². The second kappa shape index (κ2) is 6.43. The third kappa shape index (κ3) is 3.88. The van der Waals surface area contributed by atoms with E-state index < -0.39 is 0 Å². The number of rotatable bonds is 4. The largest absolute Gasteiger partial charge is 0.375 e. The maximum atomic E-state index is 11.9. The van der Waals surface area contributed by atoms with E-state index in [-0.39, 0.29) is 5.91 Å². The molecular weight excluding hydrogens is 266 g/mol. The molecule has 0 aromatic carbocycles. The number of nitrogens with zero attached hydrogens (tertiary/aromatic N) is 1. The highest BCUT2D eigenvalue weighted by Gasteiger charge is 2.22. The number of aromatic nitrogens is 1. The second-order valence-corrected chi connectivity index (χ2v) is 6.67. The molecular formula is C12H19N3OS2. The zero-order chi connectivity index (χ0) is 13.0. The summed E-state index contributed by atoms with van der Waals surface area (Å²) in [7, 11) is 0. The van der Waals surface area contributed by atoms with Gasteiger partial charge in [0.15, 0.2) is 5.13 Å². The predicted molar refractivity (Wildman–Crippen MR) is 77.9 cm³/mol. The first kappa shape index (κ1) is 13.7. The number of amides is 1. The van der Waals surface area contributed by atoms with Gasteiger partial charge in [0.2, 0.25) is 5.91 Å². The van der Waals surface area contributed by atoms with Crippen LogP contribution in [0.4, 0.5) is 5.13 Å². The number of nitrogens with two attached hydrogens (primary N) is 1. The van der Waals surface area contributed by atoms with E-state index in [4.69, 9.17) is 5.73 Å². The van der Waals surface area contributed by atoms with E-state index in [1.54, 1.807) is 0 Å². The normalized spacial score (nSPS) is 23.8. The van der Waals surface area contributed by atoms with Crippen molar-refractivity contribution in [1.29, 1.82) is 0 Å². The Hall–Kier alpha value is -0.750. The topological polar surface area (TPSA) is 68.0 Å². The first-order chi connectivity index (χ1) is 8.67.